The number of benzene rings is 1. The first-order valence-corrected chi connectivity index (χ1v) is 5.71. The van der Waals surface area contributed by atoms with Gasteiger partial charge in [-0.05, 0) is 31.9 Å². The molecule has 1 aromatic rings. The van der Waals surface area contributed by atoms with E-state index in [-0.39, 0.29) is 5.92 Å². The van der Waals surface area contributed by atoms with Crippen LogP contribution in [0.3, 0.4) is 0 Å². The number of hydrogen-bond acceptors (Lipinski definition) is 2. The highest BCUT2D eigenvalue weighted by Gasteiger charge is 2.24. The molecule has 16 heavy (non-hydrogen) atoms. The van der Waals surface area contributed by atoms with Crippen molar-refractivity contribution >= 4 is 11.7 Å². The Bertz CT molecular complexity index is 364. The summed E-state index contributed by atoms with van der Waals surface area (Å²) >= 11 is 0. The minimum atomic E-state index is -0.649. The zero-order chi connectivity index (χ0) is 11.5. The van der Waals surface area contributed by atoms with Gasteiger partial charge in [0.25, 0.3) is 0 Å². The fourth-order valence-electron chi connectivity index (χ4n) is 2.14. The quantitative estimate of drug-likeness (QED) is 0.829. The van der Waals surface area contributed by atoms with Gasteiger partial charge in [0.2, 0.25) is 0 Å². The van der Waals surface area contributed by atoms with E-state index in [0.717, 1.165) is 25.9 Å². The summed E-state index contributed by atoms with van der Waals surface area (Å²) in [5, 5.41) is 8.91. The maximum Gasteiger partial charge on any atom is 0.306 e. The first-order valence-electron chi connectivity index (χ1n) is 5.71. The zero-order valence-electron chi connectivity index (χ0n) is 9.52. The molecule has 1 aliphatic rings. The van der Waals surface area contributed by atoms with Gasteiger partial charge in [-0.15, -0.1) is 0 Å². The van der Waals surface area contributed by atoms with Gasteiger partial charge >= 0.3 is 5.97 Å². The number of hydrogen-bond donors (Lipinski definition) is 1. The van der Waals surface area contributed by atoms with Crippen molar-refractivity contribution in [3.05, 3.63) is 29.8 Å². The van der Waals surface area contributed by atoms with Crippen LogP contribution in [0, 0.1) is 12.8 Å². The number of carboxylic acids is 1. The summed E-state index contributed by atoms with van der Waals surface area (Å²) in [6, 6.07) is 8.41. The van der Waals surface area contributed by atoms with Crippen LogP contribution in [0.2, 0.25) is 0 Å². The minimum absolute atomic E-state index is 0.151. The summed E-state index contributed by atoms with van der Waals surface area (Å²) < 4.78 is 0. The molecule has 1 aliphatic heterocycles. The molecule has 3 heteroatoms. The van der Waals surface area contributed by atoms with Crippen LogP contribution in [-0.2, 0) is 4.79 Å². The highest BCUT2D eigenvalue weighted by Crippen LogP contribution is 2.23. The smallest absolute Gasteiger partial charge is 0.306 e. The van der Waals surface area contributed by atoms with Crippen LogP contribution in [0.5, 0.6) is 0 Å². The van der Waals surface area contributed by atoms with E-state index in [1.54, 1.807) is 0 Å². The Balaban J connectivity index is 1.99. The van der Waals surface area contributed by atoms with Gasteiger partial charge in [0.15, 0.2) is 0 Å². The average Bonchev–Trinajstić information content (AvgIpc) is 2.30. The Labute approximate surface area is 95.7 Å². The third kappa shape index (κ3) is 2.35. The summed E-state index contributed by atoms with van der Waals surface area (Å²) in [5.74, 6) is -0.801. The Morgan fingerprint density at radius 1 is 1.25 bits per heavy atom. The van der Waals surface area contributed by atoms with Gasteiger partial charge in [0.05, 0.1) is 5.92 Å². The molecule has 0 atom stereocenters. The molecule has 0 bridgehead atoms. The van der Waals surface area contributed by atoms with E-state index in [2.05, 4.69) is 36.1 Å². The lowest BCUT2D eigenvalue weighted by Gasteiger charge is -2.31. The molecule has 1 fully saturated rings. The molecule has 0 amide bonds. The fraction of sp³-hybridized carbons (Fsp3) is 0.462. The van der Waals surface area contributed by atoms with Gasteiger partial charge in [-0.1, -0.05) is 17.7 Å². The van der Waals surface area contributed by atoms with E-state index in [4.69, 9.17) is 5.11 Å². The van der Waals surface area contributed by atoms with Gasteiger partial charge in [0.1, 0.15) is 0 Å². The summed E-state index contributed by atoms with van der Waals surface area (Å²) in [4.78, 5) is 13.1. The molecule has 0 aromatic heterocycles. The molecule has 1 saturated heterocycles. The lowest BCUT2D eigenvalue weighted by molar-refractivity contribution is -0.142. The van der Waals surface area contributed by atoms with E-state index in [9.17, 15) is 4.79 Å². The molecule has 1 N–H and O–H groups in total. The predicted molar refractivity (Wildman–Crippen MR) is 63.8 cm³/mol. The monoisotopic (exact) mass is 219 g/mol. The molecule has 86 valence electrons. The van der Waals surface area contributed by atoms with Gasteiger partial charge in [-0.3, -0.25) is 4.79 Å². The van der Waals surface area contributed by atoms with Gasteiger partial charge in [-0.25, -0.2) is 0 Å². The molecule has 0 spiro atoms. The van der Waals surface area contributed by atoms with Gasteiger partial charge in [-0.2, -0.15) is 0 Å². The highest BCUT2D eigenvalue weighted by molar-refractivity contribution is 5.70. The van der Waals surface area contributed by atoms with Crippen molar-refractivity contribution in [2.24, 2.45) is 5.92 Å². The highest BCUT2D eigenvalue weighted by atomic mass is 16.4. The topological polar surface area (TPSA) is 40.5 Å². The number of anilines is 1. The van der Waals surface area contributed by atoms with Gasteiger partial charge in [0, 0.05) is 18.8 Å². The molecule has 0 saturated carbocycles. The van der Waals surface area contributed by atoms with E-state index < -0.39 is 5.97 Å². The first kappa shape index (κ1) is 11.0. The third-order valence-electron chi connectivity index (χ3n) is 3.24. The van der Waals surface area contributed by atoms with Crippen LogP contribution in [0.4, 0.5) is 5.69 Å². The van der Waals surface area contributed by atoms with Crippen molar-refractivity contribution in [1.29, 1.82) is 0 Å². The largest absolute Gasteiger partial charge is 0.481 e. The Hall–Kier alpha value is -1.51. The minimum Gasteiger partial charge on any atom is -0.481 e. The number of carbonyl (C=O) groups is 1. The second-order valence-electron chi connectivity index (χ2n) is 4.44. The van der Waals surface area contributed by atoms with Crippen LogP contribution in [-0.4, -0.2) is 24.2 Å². The van der Waals surface area contributed by atoms with Crippen molar-refractivity contribution in [3.8, 4) is 0 Å². The lowest BCUT2D eigenvalue weighted by Crippen LogP contribution is -2.36. The van der Waals surface area contributed by atoms with Crippen molar-refractivity contribution in [2.45, 2.75) is 19.8 Å². The average molecular weight is 219 g/mol. The van der Waals surface area contributed by atoms with Crippen molar-refractivity contribution in [1.82, 2.24) is 0 Å². The van der Waals surface area contributed by atoms with E-state index >= 15 is 0 Å². The second kappa shape index (κ2) is 4.56. The number of aryl methyl sites for hydroxylation is 1. The zero-order valence-corrected chi connectivity index (χ0v) is 9.52. The SMILES string of the molecule is Cc1ccc(N2CCC(C(=O)O)CC2)cc1. The van der Waals surface area contributed by atoms with E-state index in [1.807, 2.05) is 0 Å². The molecule has 0 aliphatic carbocycles. The van der Waals surface area contributed by atoms with Crippen LogP contribution < -0.4 is 4.90 Å². The van der Waals surface area contributed by atoms with Gasteiger partial charge < -0.3 is 10.0 Å². The number of piperidine rings is 1. The molecule has 0 unspecified atom stereocenters. The van der Waals surface area contributed by atoms with Crippen LogP contribution >= 0.6 is 0 Å². The predicted octanol–water partition coefficient (Wildman–Crippen LogP) is 2.30. The maximum absolute atomic E-state index is 10.8. The number of aliphatic carboxylic acids is 1. The first-order chi connectivity index (χ1) is 7.66. The van der Waals surface area contributed by atoms with E-state index in [1.165, 1.54) is 11.3 Å². The van der Waals surface area contributed by atoms with Crippen molar-refractivity contribution < 1.29 is 9.90 Å². The van der Waals surface area contributed by atoms with Crippen molar-refractivity contribution in [2.75, 3.05) is 18.0 Å². The number of carboxylic acid groups (broad SMARTS) is 1. The summed E-state index contributed by atoms with van der Waals surface area (Å²) in [6.45, 7) is 3.76. The van der Waals surface area contributed by atoms with Crippen LogP contribution in [0.15, 0.2) is 24.3 Å². The third-order valence-corrected chi connectivity index (χ3v) is 3.24. The normalized spacial score (nSPS) is 17.4. The molecular weight excluding hydrogens is 202 g/mol. The standard InChI is InChI=1S/C13H17NO2/c1-10-2-4-12(5-3-10)14-8-6-11(7-9-14)13(15)16/h2-5,11H,6-9H2,1H3,(H,15,16). The second-order valence-corrected chi connectivity index (χ2v) is 4.44. The number of rotatable bonds is 2. The Kier molecular flexibility index (Phi) is 3.13. The maximum atomic E-state index is 10.8. The molecule has 0 radical (unpaired) electrons. The molecule has 3 nitrogen and oxygen atoms in total. The fourth-order valence-corrected chi connectivity index (χ4v) is 2.14. The van der Waals surface area contributed by atoms with Crippen molar-refractivity contribution in [3.63, 3.8) is 0 Å². The summed E-state index contributed by atoms with van der Waals surface area (Å²) in [6.07, 6.45) is 1.51. The molecular formula is C13H17NO2. The summed E-state index contributed by atoms with van der Waals surface area (Å²) in [7, 11) is 0. The van der Waals surface area contributed by atoms with Crippen LogP contribution in [0.1, 0.15) is 18.4 Å². The molecule has 1 aromatic carbocycles. The van der Waals surface area contributed by atoms with E-state index in [0.29, 0.717) is 0 Å². The molecule has 2 rings (SSSR count). The number of nitrogens with zero attached hydrogens (tertiary/aromatic N) is 1. The Morgan fingerprint density at radius 3 is 2.31 bits per heavy atom. The summed E-state index contributed by atoms with van der Waals surface area (Å²) in [5.41, 5.74) is 2.46. The lowest BCUT2D eigenvalue weighted by atomic mass is 9.97. The van der Waals surface area contributed by atoms with Crippen LogP contribution in [0.25, 0.3) is 0 Å². The molecule has 1 heterocycles. The Morgan fingerprint density at radius 2 is 1.81 bits per heavy atom.